The minimum atomic E-state index is -0.433. The Balaban J connectivity index is 2.06. The van der Waals surface area contributed by atoms with Crippen molar-refractivity contribution in [2.24, 2.45) is 0 Å². The minimum absolute atomic E-state index is 0.200. The van der Waals surface area contributed by atoms with Crippen molar-refractivity contribution >= 4 is 22.0 Å². The van der Waals surface area contributed by atoms with Crippen LogP contribution in [0.1, 0.15) is 45.1 Å². The van der Waals surface area contributed by atoms with Gasteiger partial charge in [-0.1, -0.05) is 34.1 Å². The molecule has 0 aliphatic carbocycles. The van der Waals surface area contributed by atoms with E-state index in [-0.39, 0.29) is 6.09 Å². The van der Waals surface area contributed by atoms with Crippen LogP contribution in [0.5, 0.6) is 0 Å². The molecule has 0 N–H and O–H groups in total. The van der Waals surface area contributed by atoms with Crippen molar-refractivity contribution < 1.29 is 9.53 Å². The summed E-state index contributed by atoms with van der Waals surface area (Å²) in [7, 11) is 0. The molecule has 0 bridgehead atoms. The molecule has 3 nitrogen and oxygen atoms in total. The molecule has 20 heavy (non-hydrogen) atoms. The number of halogens is 1. The van der Waals surface area contributed by atoms with Gasteiger partial charge in [0.15, 0.2) is 0 Å². The van der Waals surface area contributed by atoms with Gasteiger partial charge in [-0.2, -0.15) is 0 Å². The maximum absolute atomic E-state index is 12.2. The van der Waals surface area contributed by atoms with E-state index in [2.05, 4.69) is 28.1 Å². The van der Waals surface area contributed by atoms with E-state index < -0.39 is 5.60 Å². The number of benzene rings is 1. The first-order valence-corrected chi connectivity index (χ1v) is 7.88. The highest BCUT2D eigenvalue weighted by Crippen LogP contribution is 2.32. The third kappa shape index (κ3) is 3.98. The number of carbonyl (C=O) groups is 1. The Morgan fingerprint density at radius 1 is 1.35 bits per heavy atom. The molecule has 1 saturated heterocycles. The Kier molecular flexibility index (Phi) is 4.74. The summed E-state index contributed by atoms with van der Waals surface area (Å²) in [5.74, 6) is 0.381. The lowest BCUT2D eigenvalue weighted by Crippen LogP contribution is -2.42. The van der Waals surface area contributed by atoms with Gasteiger partial charge in [-0.25, -0.2) is 4.79 Å². The van der Waals surface area contributed by atoms with Crippen LogP contribution in [0.2, 0.25) is 0 Å². The molecule has 0 unspecified atom stereocenters. The number of hydrogen-bond donors (Lipinski definition) is 0. The van der Waals surface area contributed by atoms with E-state index in [1.165, 1.54) is 5.56 Å². The summed E-state index contributed by atoms with van der Waals surface area (Å²) in [5, 5.41) is 0. The zero-order valence-electron chi connectivity index (χ0n) is 12.4. The topological polar surface area (TPSA) is 29.5 Å². The average Bonchev–Trinajstić information content (AvgIpc) is 2.37. The Bertz CT molecular complexity index is 482. The van der Waals surface area contributed by atoms with Gasteiger partial charge in [0.2, 0.25) is 0 Å². The SMILES string of the molecule is CC(C)(C)OC(=O)N1CCC[C@H](c2ccccc2Br)C1. The third-order valence-electron chi connectivity index (χ3n) is 3.42. The molecule has 0 spiro atoms. The molecule has 1 heterocycles. The molecule has 1 amide bonds. The maximum Gasteiger partial charge on any atom is 0.410 e. The second-order valence-electron chi connectivity index (χ2n) is 6.29. The molecule has 1 atom stereocenters. The molecule has 1 aromatic rings. The smallest absolute Gasteiger partial charge is 0.410 e. The summed E-state index contributed by atoms with van der Waals surface area (Å²) in [6.45, 7) is 7.23. The predicted octanol–water partition coefficient (Wildman–Crippen LogP) is 4.56. The van der Waals surface area contributed by atoms with Crippen molar-refractivity contribution in [3.63, 3.8) is 0 Å². The van der Waals surface area contributed by atoms with Crippen LogP contribution in [0.3, 0.4) is 0 Å². The second kappa shape index (κ2) is 6.17. The maximum atomic E-state index is 12.2. The van der Waals surface area contributed by atoms with Gasteiger partial charge in [0.05, 0.1) is 0 Å². The van der Waals surface area contributed by atoms with Crippen LogP contribution in [0.25, 0.3) is 0 Å². The molecule has 0 aromatic heterocycles. The summed E-state index contributed by atoms with van der Waals surface area (Å²) in [6.07, 6.45) is 1.93. The Hall–Kier alpha value is -1.03. The predicted molar refractivity (Wildman–Crippen MR) is 83.9 cm³/mol. The molecular formula is C16H22BrNO2. The highest BCUT2D eigenvalue weighted by Gasteiger charge is 2.28. The van der Waals surface area contributed by atoms with E-state index in [4.69, 9.17) is 4.74 Å². The Morgan fingerprint density at radius 2 is 2.05 bits per heavy atom. The molecular weight excluding hydrogens is 318 g/mol. The summed E-state index contributed by atoms with van der Waals surface area (Å²) < 4.78 is 6.59. The van der Waals surface area contributed by atoms with E-state index in [0.29, 0.717) is 5.92 Å². The van der Waals surface area contributed by atoms with E-state index in [1.807, 2.05) is 37.8 Å². The standard InChI is InChI=1S/C16H22BrNO2/c1-16(2,3)20-15(19)18-10-6-7-12(11-18)13-8-4-5-9-14(13)17/h4-5,8-9,12H,6-7,10-11H2,1-3H3/t12-/m0/s1. The van der Waals surface area contributed by atoms with Crippen LogP contribution in [-0.4, -0.2) is 29.7 Å². The van der Waals surface area contributed by atoms with Crippen molar-refractivity contribution in [1.29, 1.82) is 0 Å². The van der Waals surface area contributed by atoms with Crippen molar-refractivity contribution in [3.8, 4) is 0 Å². The molecule has 2 rings (SSSR count). The summed E-state index contributed by atoms with van der Waals surface area (Å²) in [5.41, 5.74) is 0.845. The number of rotatable bonds is 1. The second-order valence-corrected chi connectivity index (χ2v) is 7.14. The molecule has 4 heteroatoms. The molecule has 110 valence electrons. The quantitative estimate of drug-likeness (QED) is 0.750. The van der Waals surface area contributed by atoms with Gasteiger partial charge in [-0.05, 0) is 45.2 Å². The first kappa shape index (κ1) is 15.4. The van der Waals surface area contributed by atoms with Crippen LogP contribution in [-0.2, 0) is 4.74 Å². The molecule has 0 saturated carbocycles. The van der Waals surface area contributed by atoms with Crippen molar-refractivity contribution in [2.75, 3.05) is 13.1 Å². The van der Waals surface area contributed by atoms with Gasteiger partial charge in [0, 0.05) is 23.5 Å². The molecule has 1 fully saturated rings. The fourth-order valence-electron chi connectivity index (χ4n) is 2.53. The Labute approximate surface area is 129 Å². The lowest BCUT2D eigenvalue weighted by Gasteiger charge is -2.34. The monoisotopic (exact) mass is 339 g/mol. The largest absolute Gasteiger partial charge is 0.444 e. The molecule has 0 radical (unpaired) electrons. The van der Waals surface area contributed by atoms with E-state index >= 15 is 0 Å². The van der Waals surface area contributed by atoms with Gasteiger partial charge in [0.25, 0.3) is 0 Å². The summed E-state index contributed by atoms with van der Waals surface area (Å²) >= 11 is 3.60. The van der Waals surface area contributed by atoms with Gasteiger partial charge in [-0.15, -0.1) is 0 Å². The number of ether oxygens (including phenoxy) is 1. The third-order valence-corrected chi connectivity index (χ3v) is 4.14. The molecule has 1 aliphatic heterocycles. The lowest BCUT2D eigenvalue weighted by atomic mass is 9.91. The number of carbonyl (C=O) groups excluding carboxylic acids is 1. The van der Waals surface area contributed by atoms with Crippen LogP contribution >= 0.6 is 15.9 Å². The van der Waals surface area contributed by atoms with Crippen LogP contribution < -0.4 is 0 Å². The van der Waals surface area contributed by atoms with E-state index in [9.17, 15) is 4.79 Å². The summed E-state index contributed by atoms with van der Waals surface area (Å²) in [4.78, 5) is 14.0. The van der Waals surface area contributed by atoms with Gasteiger partial charge < -0.3 is 9.64 Å². The van der Waals surface area contributed by atoms with E-state index in [0.717, 1.165) is 30.4 Å². The average molecular weight is 340 g/mol. The number of hydrogen-bond acceptors (Lipinski definition) is 2. The van der Waals surface area contributed by atoms with Gasteiger partial charge in [-0.3, -0.25) is 0 Å². The number of nitrogens with zero attached hydrogens (tertiary/aromatic N) is 1. The number of piperidine rings is 1. The zero-order chi connectivity index (χ0) is 14.8. The highest BCUT2D eigenvalue weighted by molar-refractivity contribution is 9.10. The molecule has 1 aliphatic rings. The highest BCUT2D eigenvalue weighted by atomic mass is 79.9. The van der Waals surface area contributed by atoms with Crippen LogP contribution in [0.15, 0.2) is 28.7 Å². The molecule has 1 aromatic carbocycles. The van der Waals surface area contributed by atoms with Crippen molar-refractivity contribution in [3.05, 3.63) is 34.3 Å². The lowest BCUT2D eigenvalue weighted by molar-refractivity contribution is 0.0198. The van der Waals surface area contributed by atoms with Gasteiger partial charge >= 0.3 is 6.09 Å². The number of amides is 1. The van der Waals surface area contributed by atoms with E-state index in [1.54, 1.807) is 0 Å². The fraction of sp³-hybridized carbons (Fsp3) is 0.562. The minimum Gasteiger partial charge on any atom is -0.444 e. The van der Waals surface area contributed by atoms with Crippen LogP contribution in [0.4, 0.5) is 4.79 Å². The normalized spacial score (nSPS) is 19.8. The number of likely N-dealkylation sites (tertiary alicyclic amines) is 1. The fourth-order valence-corrected chi connectivity index (χ4v) is 3.14. The van der Waals surface area contributed by atoms with Crippen molar-refractivity contribution in [2.45, 2.75) is 45.1 Å². The first-order valence-electron chi connectivity index (χ1n) is 7.09. The van der Waals surface area contributed by atoms with Gasteiger partial charge in [0.1, 0.15) is 5.60 Å². The Morgan fingerprint density at radius 3 is 2.70 bits per heavy atom. The summed E-state index contributed by atoms with van der Waals surface area (Å²) in [6, 6.07) is 8.25. The van der Waals surface area contributed by atoms with Crippen LogP contribution in [0, 0.1) is 0 Å². The first-order chi connectivity index (χ1) is 9.37. The zero-order valence-corrected chi connectivity index (χ0v) is 13.9. The van der Waals surface area contributed by atoms with Crippen molar-refractivity contribution in [1.82, 2.24) is 4.90 Å².